The minimum Gasteiger partial charge on any atom is -0.325 e. The lowest BCUT2D eigenvalue weighted by molar-refractivity contribution is -0.116. The van der Waals surface area contributed by atoms with Gasteiger partial charge in [0.05, 0.1) is 5.25 Å². The van der Waals surface area contributed by atoms with Crippen LogP contribution in [0.2, 0.25) is 5.02 Å². The van der Waals surface area contributed by atoms with Crippen LogP contribution in [-0.2, 0) is 4.79 Å². The number of anilines is 1. The average molecular weight is 258 g/mol. The van der Waals surface area contributed by atoms with E-state index in [1.807, 2.05) is 32.9 Å². The Labute approximate surface area is 107 Å². The van der Waals surface area contributed by atoms with Crippen molar-refractivity contribution >= 4 is 35.8 Å². The first-order valence-corrected chi connectivity index (χ1v) is 6.07. The third kappa shape index (κ3) is 3.16. The number of halogens is 1. The van der Waals surface area contributed by atoms with Crippen LogP contribution in [0, 0.1) is 12.8 Å². The van der Waals surface area contributed by atoms with Gasteiger partial charge in [-0.05, 0) is 30.5 Å². The van der Waals surface area contributed by atoms with E-state index in [0.29, 0.717) is 5.02 Å². The van der Waals surface area contributed by atoms with E-state index in [4.69, 9.17) is 11.6 Å². The summed E-state index contributed by atoms with van der Waals surface area (Å²) in [6.07, 6.45) is 0. The predicted molar refractivity (Wildman–Crippen MR) is 72.4 cm³/mol. The highest BCUT2D eigenvalue weighted by Crippen LogP contribution is 2.23. The Balaban J connectivity index is 2.81. The van der Waals surface area contributed by atoms with Gasteiger partial charge >= 0.3 is 0 Å². The largest absolute Gasteiger partial charge is 0.325 e. The summed E-state index contributed by atoms with van der Waals surface area (Å²) in [6.45, 7) is 5.80. The maximum atomic E-state index is 11.8. The van der Waals surface area contributed by atoms with Crippen LogP contribution in [0.1, 0.15) is 19.4 Å². The zero-order valence-corrected chi connectivity index (χ0v) is 11.3. The highest BCUT2D eigenvalue weighted by molar-refractivity contribution is 7.81. The van der Waals surface area contributed by atoms with Gasteiger partial charge in [0.25, 0.3) is 0 Å². The summed E-state index contributed by atoms with van der Waals surface area (Å²) >= 11 is 10.2. The Morgan fingerprint density at radius 1 is 1.44 bits per heavy atom. The molecule has 1 aromatic carbocycles. The third-order valence-electron chi connectivity index (χ3n) is 2.43. The Bertz CT molecular complexity index is 393. The topological polar surface area (TPSA) is 29.1 Å². The summed E-state index contributed by atoms with van der Waals surface area (Å²) in [4.78, 5) is 11.8. The third-order valence-corrected chi connectivity index (χ3v) is 3.67. The van der Waals surface area contributed by atoms with Gasteiger partial charge in [-0.15, -0.1) is 0 Å². The lowest BCUT2D eigenvalue weighted by Crippen LogP contribution is -2.27. The van der Waals surface area contributed by atoms with Crippen LogP contribution >= 0.6 is 24.2 Å². The Kier molecular flexibility index (Phi) is 4.69. The molecule has 0 aromatic heterocycles. The van der Waals surface area contributed by atoms with E-state index in [-0.39, 0.29) is 17.1 Å². The first kappa shape index (κ1) is 13.4. The van der Waals surface area contributed by atoms with Gasteiger partial charge in [0, 0.05) is 10.7 Å². The van der Waals surface area contributed by atoms with Crippen LogP contribution < -0.4 is 5.32 Å². The molecule has 88 valence electrons. The van der Waals surface area contributed by atoms with E-state index in [9.17, 15) is 4.79 Å². The quantitative estimate of drug-likeness (QED) is 0.797. The maximum absolute atomic E-state index is 11.8. The zero-order valence-electron chi connectivity index (χ0n) is 9.62. The van der Waals surface area contributed by atoms with Crippen molar-refractivity contribution in [3.05, 3.63) is 28.8 Å². The molecule has 0 heterocycles. The molecule has 0 fully saturated rings. The summed E-state index contributed by atoms with van der Waals surface area (Å²) in [7, 11) is 0. The monoisotopic (exact) mass is 257 g/mol. The zero-order chi connectivity index (χ0) is 12.3. The smallest absolute Gasteiger partial charge is 0.237 e. The number of thiol groups is 1. The molecule has 0 radical (unpaired) electrons. The molecular weight excluding hydrogens is 242 g/mol. The number of amides is 1. The Morgan fingerprint density at radius 3 is 2.62 bits per heavy atom. The van der Waals surface area contributed by atoms with E-state index >= 15 is 0 Å². The number of carbonyl (C=O) groups is 1. The molecule has 1 amide bonds. The first-order chi connectivity index (χ1) is 7.43. The molecular formula is C12H16ClNOS. The van der Waals surface area contributed by atoms with Crippen LogP contribution in [0.25, 0.3) is 0 Å². The molecule has 1 unspecified atom stereocenters. The molecule has 0 spiro atoms. The number of benzene rings is 1. The lowest BCUT2D eigenvalue weighted by Gasteiger charge is -2.16. The molecule has 0 aliphatic rings. The Hall–Kier alpha value is -0.670. The summed E-state index contributed by atoms with van der Waals surface area (Å²) in [5.41, 5.74) is 1.62. The van der Waals surface area contributed by atoms with Crippen LogP contribution in [0.4, 0.5) is 5.69 Å². The summed E-state index contributed by atoms with van der Waals surface area (Å²) < 4.78 is 0. The van der Waals surface area contributed by atoms with Crippen molar-refractivity contribution in [3.63, 3.8) is 0 Å². The van der Waals surface area contributed by atoms with E-state index in [0.717, 1.165) is 11.3 Å². The SMILES string of the molecule is Cc1c(Cl)cccc1NC(=O)C(S)C(C)C. The number of hydrogen-bond acceptors (Lipinski definition) is 2. The van der Waals surface area contributed by atoms with Crippen LogP contribution in [0.5, 0.6) is 0 Å². The van der Waals surface area contributed by atoms with Crippen molar-refractivity contribution in [1.29, 1.82) is 0 Å². The molecule has 0 saturated carbocycles. The highest BCUT2D eigenvalue weighted by Gasteiger charge is 2.18. The van der Waals surface area contributed by atoms with Gasteiger partial charge in [-0.1, -0.05) is 31.5 Å². The lowest BCUT2D eigenvalue weighted by atomic mass is 10.1. The van der Waals surface area contributed by atoms with Crippen molar-refractivity contribution < 1.29 is 4.79 Å². The maximum Gasteiger partial charge on any atom is 0.237 e. The second-order valence-corrected chi connectivity index (χ2v) is 5.05. The Morgan fingerprint density at radius 2 is 2.06 bits per heavy atom. The summed E-state index contributed by atoms with van der Waals surface area (Å²) in [5, 5.41) is 3.18. The van der Waals surface area contributed by atoms with Crippen molar-refractivity contribution in [3.8, 4) is 0 Å². The molecule has 16 heavy (non-hydrogen) atoms. The van der Waals surface area contributed by atoms with E-state index in [2.05, 4.69) is 17.9 Å². The second-order valence-electron chi connectivity index (χ2n) is 4.09. The van der Waals surface area contributed by atoms with Crippen molar-refractivity contribution in [1.82, 2.24) is 0 Å². The average Bonchev–Trinajstić information content (AvgIpc) is 2.23. The van der Waals surface area contributed by atoms with Gasteiger partial charge in [0.2, 0.25) is 5.91 Å². The van der Waals surface area contributed by atoms with Crippen molar-refractivity contribution in [2.75, 3.05) is 5.32 Å². The number of hydrogen-bond donors (Lipinski definition) is 2. The van der Waals surface area contributed by atoms with E-state index < -0.39 is 0 Å². The highest BCUT2D eigenvalue weighted by atomic mass is 35.5. The fourth-order valence-electron chi connectivity index (χ4n) is 1.25. The van der Waals surface area contributed by atoms with E-state index in [1.54, 1.807) is 6.07 Å². The standard InChI is InChI=1S/C12H16ClNOS/c1-7(2)11(16)12(15)14-10-6-4-5-9(13)8(10)3/h4-7,11,16H,1-3H3,(H,14,15). The van der Waals surface area contributed by atoms with Gasteiger partial charge in [0.15, 0.2) is 0 Å². The molecule has 1 N–H and O–H groups in total. The van der Waals surface area contributed by atoms with Crippen LogP contribution in [0.15, 0.2) is 18.2 Å². The molecule has 1 aromatic rings. The van der Waals surface area contributed by atoms with Gasteiger partial charge < -0.3 is 5.32 Å². The number of rotatable bonds is 3. The summed E-state index contributed by atoms with van der Waals surface area (Å²) in [5.74, 6) is 0.103. The predicted octanol–water partition coefficient (Wildman–Crippen LogP) is 3.54. The second kappa shape index (κ2) is 5.60. The van der Waals surface area contributed by atoms with Crippen LogP contribution in [-0.4, -0.2) is 11.2 Å². The molecule has 0 bridgehead atoms. The fourth-order valence-corrected chi connectivity index (χ4v) is 1.49. The minimum absolute atomic E-state index is 0.0938. The van der Waals surface area contributed by atoms with Crippen LogP contribution in [0.3, 0.4) is 0 Å². The molecule has 1 atom stereocenters. The van der Waals surface area contributed by atoms with E-state index in [1.165, 1.54) is 0 Å². The summed E-state index contributed by atoms with van der Waals surface area (Å²) in [6, 6.07) is 5.45. The molecule has 4 heteroatoms. The van der Waals surface area contributed by atoms with Crippen molar-refractivity contribution in [2.45, 2.75) is 26.0 Å². The van der Waals surface area contributed by atoms with Gasteiger partial charge in [-0.3, -0.25) is 4.79 Å². The van der Waals surface area contributed by atoms with Gasteiger partial charge in [0.1, 0.15) is 0 Å². The van der Waals surface area contributed by atoms with Gasteiger partial charge in [-0.25, -0.2) is 0 Å². The number of nitrogens with one attached hydrogen (secondary N) is 1. The number of carbonyl (C=O) groups excluding carboxylic acids is 1. The van der Waals surface area contributed by atoms with Crippen molar-refractivity contribution in [2.24, 2.45) is 5.92 Å². The van der Waals surface area contributed by atoms with Gasteiger partial charge in [-0.2, -0.15) is 12.6 Å². The molecule has 2 nitrogen and oxygen atoms in total. The molecule has 1 rings (SSSR count). The first-order valence-electron chi connectivity index (χ1n) is 5.17. The normalized spacial score (nSPS) is 12.6. The minimum atomic E-state index is -0.307. The molecule has 0 aliphatic carbocycles. The molecule has 0 aliphatic heterocycles. The fraction of sp³-hybridized carbons (Fsp3) is 0.417. The molecule has 0 saturated heterocycles.